The molecular formula is C17H19ClN2O. The number of hydrogen-bond acceptors (Lipinski definition) is 2. The quantitative estimate of drug-likeness (QED) is 0.750. The number of hydrogen-bond donors (Lipinski definition) is 2. The lowest BCUT2D eigenvalue weighted by Crippen LogP contribution is -2.12. The molecule has 0 radical (unpaired) electrons. The molecule has 0 amide bonds. The van der Waals surface area contributed by atoms with Crippen molar-refractivity contribution in [3.63, 3.8) is 0 Å². The van der Waals surface area contributed by atoms with Gasteiger partial charge in [0.25, 0.3) is 0 Å². The average molecular weight is 303 g/mol. The number of aromatic amines is 1. The molecule has 0 saturated heterocycles. The van der Waals surface area contributed by atoms with Gasteiger partial charge in [-0.25, -0.2) is 0 Å². The molecule has 1 aromatic heterocycles. The van der Waals surface area contributed by atoms with Gasteiger partial charge in [0.05, 0.1) is 7.11 Å². The molecule has 3 aromatic rings. The molecule has 0 unspecified atom stereocenters. The average Bonchev–Trinajstić information content (AvgIpc) is 2.97. The van der Waals surface area contributed by atoms with Gasteiger partial charge in [0.15, 0.2) is 0 Å². The van der Waals surface area contributed by atoms with Crippen molar-refractivity contribution < 1.29 is 4.74 Å². The maximum absolute atomic E-state index is 5.16. The molecule has 0 atom stereocenters. The fraction of sp³-hybridized carbons (Fsp3) is 0.176. The zero-order valence-electron chi connectivity index (χ0n) is 11.9. The van der Waals surface area contributed by atoms with Crippen molar-refractivity contribution in [3.8, 4) is 5.75 Å². The number of H-pyrrole nitrogens is 1. The predicted molar refractivity (Wildman–Crippen MR) is 89.1 cm³/mol. The fourth-order valence-corrected chi connectivity index (χ4v) is 2.39. The number of ether oxygens (including phenoxy) is 1. The minimum Gasteiger partial charge on any atom is -0.497 e. The SMILES string of the molecule is COc1ccc(CNCc2cccc3[nH]ccc23)cc1.Cl. The lowest BCUT2D eigenvalue weighted by atomic mass is 10.1. The molecule has 0 fully saturated rings. The molecule has 3 nitrogen and oxygen atoms in total. The van der Waals surface area contributed by atoms with Gasteiger partial charge in [-0.3, -0.25) is 0 Å². The first-order valence-corrected chi connectivity index (χ1v) is 6.75. The molecular weight excluding hydrogens is 284 g/mol. The van der Waals surface area contributed by atoms with E-state index in [4.69, 9.17) is 4.74 Å². The van der Waals surface area contributed by atoms with Crippen LogP contribution in [0.1, 0.15) is 11.1 Å². The Kier molecular flexibility index (Phi) is 5.26. The van der Waals surface area contributed by atoms with E-state index in [0.717, 1.165) is 18.8 Å². The highest BCUT2D eigenvalue weighted by Gasteiger charge is 2.01. The van der Waals surface area contributed by atoms with Crippen LogP contribution in [0.3, 0.4) is 0 Å². The minimum absolute atomic E-state index is 0. The van der Waals surface area contributed by atoms with E-state index in [0.29, 0.717) is 0 Å². The summed E-state index contributed by atoms with van der Waals surface area (Å²) >= 11 is 0. The summed E-state index contributed by atoms with van der Waals surface area (Å²) < 4.78 is 5.16. The number of aromatic nitrogens is 1. The van der Waals surface area contributed by atoms with E-state index in [1.165, 1.54) is 22.0 Å². The number of methoxy groups -OCH3 is 1. The second kappa shape index (κ2) is 7.16. The van der Waals surface area contributed by atoms with E-state index >= 15 is 0 Å². The molecule has 21 heavy (non-hydrogen) atoms. The molecule has 0 aliphatic carbocycles. The van der Waals surface area contributed by atoms with Crippen molar-refractivity contribution in [3.05, 3.63) is 65.9 Å². The third-order valence-corrected chi connectivity index (χ3v) is 3.49. The number of halogens is 1. The Morgan fingerprint density at radius 2 is 1.81 bits per heavy atom. The maximum atomic E-state index is 5.16. The van der Waals surface area contributed by atoms with Crippen LogP contribution in [0.25, 0.3) is 10.9 Å². The first-order valence-electron chi connectivity index (χ1n) is 6.75. The monoisotopic (exact) mass is 302 g/mol. The summed E-state index contributed by atoms with van der Waals surface area (Å²) in [5.41, 5.74) is 3.76. The lowest BCUT2D eigenvalue weighted by molar-refractivity contribution is 0.414. The topological polar surface area (TPSA) is 37.0 Å². The zero-order valence-corrected chi connectivity index (χ0v) is 12.7. The second-order valence-electron chi connectivity index (χ2n) is 4.81. The van der Waals surface area contributed by atoms with E-state index in [1.54, 1.807) is 7.11 Å². The third kappa shape index (κ3) is 3.57. The van der Waals surface area contributed by atoms with Gasteiger partial charge >= 0.3 is 0 Å². The Morgan fingerprint density at radius 1 is 1.00 bits per heavy atom. The van der Waals surface area contributed by atoms with Crippen LogP contribution < -0.4 is 10.1 Å². The van der Waals surface area contributed by atoms with E-state index < -0.39 is 0 Å². The summed E-state index contributed by atoms with van der Waals surface area (Å²) in [4.78, 5) is 3.24. The predicted octanol–water partition coefficient (Wildman–Crippen LogP) is 3.89. The molecule has 0 aliphatic rings. The van der Waals surface area contributed by atoms with Crippen molar-refractivity contribution in [2.24, 2.45) is 0 Å². The normalized spacial score (nSPS) is 10.3. The van der Waals surface area contributed by atoms with Crippen LogP contribution in [0.5, 0.6) is 5.75 Å². The number of nitrogens with one attached hydrogen (secondary N) is 2. The minimum atomic E-state index is 0. The highest BCUT2D eigenvalue weighted by atomic mass is 35.5. The zero-order chi connectivity index (χ0) is 13.8. The van der Waals surface area contributed by atoms with E-state index in [2.05, 4.69) is 46.7 Å². The van der Waals surface area contributed by atoms with Crippen LogP contribution in [0, 0.1) is 0 Å². The lowest BCUT2D eigenvalue weighted by Gasteiger charge is -2.07. The van der Waals surface area contributed by atoms with Gasteiger partial charge in [-0.05, 0) is 35.4 Å². The Hall–Kier alpha value is -1.97. The Balaban J connectivity index is 0.00000161. The van der Waals surface area contributed by atoms with Crippen molar-refractivity contribution in [2.75, 3.05) is 7.11 Å². The number of fused-ring (bicyclic) bond motifs is 1. The maximum Gasteiger partial charge on any atom is 0.118 e. The molecule has 1 heterocycles. The molecule has 0 bridgehead atoms. The summed E-state index contributed by atoms with van der Waals surface area (Å²) in [6.45, 7) is 1.71. The smallest absolute Gasteiger partial charge is 0.118 e. The van der Waals surface area contributed by atoms with Crippen molar-refractivity contribution >= 4 is 23.3 Å². The Bertz CT molecular complexity index is 691. The summed E-state index contributed by atoms with van der Waals surface area (Å²) in [6.07, 6.45) is 1.98. The third-order valence-electron chi connectivity index (χ3n) is 3.49. The summed E-state index contributed by atoms with van der Waals surface area (Å²) in [6, 6.07) is 16.6. The second-order valence-corrected chi connectivity index (χ2v) is 4.81. The van der Waals surface area contributed by atoms with Gasteiger partial charge in [-0.1, -0.05) is 24.3 Å². The van der Waals surface area contributed by atoms with Crippen LogP contribution in [0.4, 0.5) is 0 Å². The van der Waals surface area contributed by atoms with Crippen molar-refractivity contribution in [1.82, 2.24) is 10.3 Å². The first-order chi connectivity index (χ1) is 9.86. The van der Waals surface area contributed by atoms with Crippen molar-refractivity contribution in [2.45, 2.75) is 13.1 Å². The molecule has 2 N–H and O–H groups in total. The van der Waals surface area contributed by atoms with E-state index in [9.17, 15) is 0 Å². The fourth-order valence-electron chi connectivity index (χ4n) is 2.39. The van der Waals surface area contributed by atoms with Crippen LogP contribution >= 0.6 is 12.4 Å². The molecule has 0 aliphatic heterocycles. The van der Waals surface area contributed by atoms with Gasteiger partial charge < -0.3 is 15.0 Å². The molecule has 0 saturated carbocycles. The van der Waals surface area contributed by atoms with Crippen LogP contribution in [0.15, 0.2) is 54.7 Å². The Morgan fingerprint density at radius 3 is 2.57 bits per heavy atom. The van der Waals surface area contributed by atoms with Gasteiger partial charge in [0.1, 0.15) is 5.75 Å². The van der Waals surface area contributed by atoms with Gasteiger partial charge in [-0.2, -0.15) is 0 Å². The molecule has 2 aromatic carbocycles. The van der Waals surface area contributed by atoms with Crippen LogP contribution in [-0.2, 0) is 13.1 Å². The largest absolute Gasteiger partial charge is 0.497 e. The van der Waals surface area contributed by atoms with E-state index in [-0.39, 0.29) is 12.4 Å². The molecule has 4 heteroatoms. The summed E-state index contributed by atoms with van der Waals surface area (Å²) in [7, 11) is 1.69. The Labute approximate surface area is 130 Å². The van der Waals surface area contributed by atoms with Crippen molar-refractivity contribution in [1.29, 1.82) is 0 Å². The van der Waals surface area contributed by atoms with Crippen LogP contribution in [0.2, 0.25) is 0 Å². The molecule has 110 valence electrons. The number of benzene rings is 2. The van der Waals surface area contributed by atoms with Gasteiger partial charge in [0, 0.05) is 30.2 Å². The molecule has 0 spiro atoms. The van der Waals surface area contributed by atoms with Crippen LogP contribution in [-0.4, -0.2) is 12.1 Å². The summed E-state index contributed by atoms with van der Waals surface area (Å²) in [5.74, 6) is 0.894. The molecule has 3 rings (SSSR count). The van der Waals surface area contributed by atoms with E-state index in [1.807, 2.05) is 18.3 Å². The highest BCUT2D eigenvalue weighted by Crippen LogP contribution is 2.17. The first kappa shape index (κ1) is 15.4. The summed E-state index contributed by atoms with van der Waals surface area (Å²) in [5, 5.41) is 4.77. The number of rotatable bonds is 5. The van der Waals surface area contributed by atoms with Gasteiger partial charge in [0.2, 0.25) is 0 Å². The van der Waals surface area contributed by atoms with Gasteiger partial charge in [-0.15, -0.1) is 12.4 Å². The standard InChI is InChI=1S/C17H18N2O.ClH/c1-20-15-7-5-13(6-8-15)11-18-12-14-3-2-4-17-16(14)9-10-19-17;/h2-10,18-19H,11-12H2,1H3;1H. The highest BCUT2D eigenvalue weighted by molar-refractivity contribution is 5.85.